The number of carbonyl (C=O) groups is 1. The van der Waals surface area contributed by atoms with Crippen molar-refractivity contribution < 1.29 is 13.9 Å². The van der Waals surface area contributed by atoms with Crippen molar-refractivity contribution in [2.45, 2.75) is 25.8 Å². The normalized spacial score (nSPS) is 17.3. The third kappa shape index (κ3) is 5.35. The molecule has 1 saturated heterocycles. The molecule has 1 fully saturated rings. The van der Waals surface area contributed by atoms with Gasteiger partial charge in [-0.25, -0.2) is 4.39 Å². The summed E-state index contributed by atoms with van der Waals surface area (Å²) in [7, 11) is 0. The van der Waals surface area contributed by atoms with E-state index in [-0.39, 0.29) is 29.0 Å². The Balaban J connectivity index is 1.82. The molecule has 0 radical (unpaired) electrons. The molecule has 2 aromatic carbocycles. The molecule has 3 rings (SSSR count). The molecule has 0 spiro atoms. The Hall–Kier alpha value is -4.06. The average Bonchev–Trinajstić information content (AvgIpc) is 2.76. The number of hydrogen-bond donors (Lipinski definition) is 3. The first-order chi connectivity index (χ1) is 15.3. The first-order valence-corrected chi connectivity index (χ1v) is 10.1. The number of ether oxygens (including phenoxy) is 1. The molecule has 1 aliphatic rings. The maximum Gasteiger partial charge on any atom is 0.254 e. The number of hydrogen-bond acceptors (Lipinski definition) is 6. The predicted molar refractivity (Wildman–Crippen MR) is 120 cm³/mol. The van der Waals surface area contributed by atoms with Gasteiger partial charge in [0.2, 0.25) is 0 Å². The summed E-state index contributed by atoms with van der Waals surface area (Å²) in [4.78, 5) is 18.1. The van der Waals surface area contributed by atoms with E-state index in [1.165, 1.54) is 12.1 Å². The first kappa shape index (κ1) is 22.6. The Kier molecular flexibility index (Phi) is 6.95. The van der Waals surface area contributed by atoms with E-state index < -0.39 is 5.91 Å². The fourth-order valence-electron chi connectivity index (χ4n) is 3.47. The predicted octanol–water partition coefficient (Wildman–Crippen LogP) is 2.38. The van der Waals surface area contributed by atoms with Crippen molar-refractivity contribution in [1.29, 1.82) is 5.26 Å². The number of likely N-dealkylation sites (tertiary alicyclic amines) is 1. The van der Waals surface area contributed by atoms with Gasteiger partial charge < -0.3 is 26.8 Å². The summed E-state index contributed by atoms with van der Waals surface area (Å²) in [6.45, 7) is 2.76. The van der Waals surface area contributed by atoms with Crippen LogP contribution in [0.5, 0.6) is 11.5 Å². The fraction of sp³-hybridized carbons (Fsp3) is 0.261. The minimum atomic E-state index is -0.793. The molecule has 2 aromatic rings. The zero-order chi connectivity index (χ0) is 23.3. The lowest BCUT2D eigenvalue weighted by Crippen LogP contribution is -2.37. The van der Waals surface area contributed by atoms with Crippen molar-refractivity contribution in [2.75, 3.05) is 13.1 Å². The molecule has 6 N–H and O–H groups in total. The van der Waals surface area contributed by atoms with Crippen LogP contribution in [0.4, 0.5) is 4.39 Å². The van der Waals surface area contributed by atoms with Gasteiger partial charge in [0, 0.05) is 6.54 Å². The van der Waals surface area contributed by atoms with Crippen molar-refractivity contribution in [3.8, 4) is 17.7 Å². The Bertz CT molecular complexity index is 1100. The third-order valence-corrected chi connectivity index (χ3v) is 5.16. The highest BCUT2D eigenvalue weighted by Gasteiger charge is 2.22. The molecule has 9 heteroatoms. The Labute approximate surface area is 185 Å². The van der Waals surface area contributed by atoms with Gasteiger partial charge in [0.05, 0.1) is 18.3 Å². The maximum atomic E-state index is 13.4. The number of primary amides is 1. The molecule has 1 unspecified atom stereocenters. The summed E-state index contributed by atoms with van der Waals surface area (Å²) in [5, 5.41) is 9.08. The van der Waals surface area contributed by atoms with Crippen molar-refractivity contribution in [3.05, 3.63) is 65.0 Å². The molecule has 1 heterocycles. The number of carbonyl (C=O) groups excluding carboxylic acids is 1. The number of aliphatic imine (C=N–C) groups is 1. The Morgan fingerprint density at radius 2 is 1.88 bits per heavy atom. The number of amidine groups is 1. The molecular weight excluding hydrogens is 411 g/mol. The van der Waals surface area contributed by atoms with Gasteiger partial charge in [-0.15, -0.1) is 0 Å². The standard InChI is InChI=1S/C23H25FN6O2/c1-14-11-18(8-9-19(14)24)32-17-6-4-15(5-7-17)21(26)20(23(28)31)22(27)29-16-3-2-10-30(12-16)13-25/h4-9,11,16H,2-3,10,12,26H2,1H3,(H2,27,29)(H2,28,31). The van der Waals surface area contributed by atoms with Crippen LogP contribution < -0.4 is 21.9 Å². The van der Waals surface area contributed by atoms with Gasteiger partial charge in [-0.3, -0.25) is 9.79 Å². The van der Waals surface area contributed by atoms with Gasteiger partial charge in [-0.05, 0) is 73.4 Å². The fourth-order valence-corrected chi connectivity index (χ4v) is 3.47. The molecule has 1 amide bonds. The largest absolute Gasteiger partial charge is 0.457 e. The molecule has 0 saturated carbocycles. The SMILES string of the molecule is Cc1cc(Oc2ccc(C(N)=C(C(N)=O)C(N)=NC3CCCN(C#N)C3)cc2)ccc1F. The van der Waals surface area contributed by atoms with Gasteiger partial charge in [0.1, 0.15) is 28.7 Å². The average molecular weight is 436 g/mol. The van der Waals surface area contributed by atoms with Gasteiger partial charge in [0.25, 0.3) is 5.91 Å². The van der Waals surface area contributed by atoms with Crippen LogP contribution in [0.15, 0.2) is 53.0 Å². The number of halogens is 1. The quantitative estimate of drug-likeness (QED) is 0.274. The number of rotatable bonds is 6. The van der Waals surface area contributed by atoms with E-state index in [0.717, 1.165) is 12.8 Å². The van der Waals surface area contributed by atoms with E-state index in [2.05, 4.69) is 11.2 Å². The summed E-state index contributed by atoms with van der Waals surface area (Å²) < 4.78 is 19.2. The maximum absolute atomic E-state index is 13.4. The molecule has 1 aliphatic heterocycles. The van der Waals surface area contributed by atoms with E-state index in [0.29, 0.717) is 35.7 Å². The molecule has 8 nitrogen and oxygen atoms in total. The van der Waals surface area contributed by atoms with Crippen LogP contribution in [0.1, 0.15) is 24.0 Å². The molecule has 0 bridgehead atoms. The lowest BCUT2D eigenvalue weighted by molar-refractivity contribution is -0.114. The number of benzene rings is 2. The monoisotopic (exact) mass is 436 g/mol. The smallest absolute Gasteiger partial charge is 0.254 e. The van der Waals surface area contributed by atoms with Gasteiger partial charge in [-0.1, -0.05) is 0 Å². The highest BCUT2D eigenvalue weighted by atomic mass is 19.1. The van der Waals surface area contributed by atoms with Crippen LogP contribution in [-0.4, -0.2) is 35.8 Å². The molecule has 32 heavy (non-hydrogen) atoms. The Morgan fingerprint density at radius 1 is 1.19 bits per heavy atom. The summed E-state index contributed by atoms with van der Waals surface area (Å²) in [6, 6.07) is 10.9. The summed E-state index contributed by atoms with van der Waals surface area (Å²) >= 11 is 0. The number of piperidine rings is 1. The summed E-state index contributed by atoms with van der Waals surface area (Å²) in [5.41, 5.74) is 18.9. The highest BCUT2D eigenvalue weighted by molar-refractivity contribution is 6.24. The van der Waals surface area contributed by atoms with E-state index in [4.69, 9.17) is 27.2 Å². The van der Waals surface area contributed by atoms with E-state index in [1.54, 1.807) is 42.2 Å². The topological polar surface area (TPSA) is 144 Å². The summed E-state index contributed by atoms with van der Waals surface area (Å²) in [6.07, 6.45) is 3.65. The number of amides is 1. The number of nitrogens with zero attached hydrogens (tertiary/aromatic N) is 3. The number of nitrogens with two attached hydrogens (primary N) is 3. The van der Waals surface area contributed by atoms with Gasteiger partial charge in [-0.2, -0.15) is 5.26 Å². The minimum absolute atomic E-state index is 0.0538. The number of nitriles is 1. The molecular formula is C23H25FN6O2. The Morgan fingerprint density at radius 3 is 2.50 bits per heavy atom. The van der Waals surface area contributed by atoms with Crippen LogP contribution in [0.3, 0.4) is 0 Å². The second-order valence-corrected chi connectivity index (χ2v) is 7.55. The molecule has 0 aromatic heterocycles. The van der Waals surface area contributed by atoms with Crippen LogP contribution in [0, 0.1) is 24.2 Å². The van der Waals surface area contributed by atoms with Crippen LogP contribution in [0.25, 0.3) is 5.70 Å². The molecule has 0 aliphatic carbocycles. The van der Waals surface area contributed by atoms with Crippen molar-refractivity contribution in [3.63, 3.8) is 0 Å². The number of aryl methyl sites for hydroxylation is 1. The zero-order valence-electron chi connectivity index (χ0n) is 17.7. The second kappa shape index (κ2) is 9.83. The van der Waals surface area contributed by atoms with Crippen LogP contribution in [0.2, 0.25) is 0 Å². The van der Waals surface area contributed by atoms with E-state index in [1.807, 2.05) is 0 Å². The molecule has 166 valence electrons. The van der Waals surface area contributed by atoms with Crippen molar-refractivity contribution in [2.24, 2.45) is 22.2 Å². The van der Waals surface area contributed by atoms with E-state index >= 15 is 0 Å². The van der Waals surface area contributed by atoms with Crippen molar-refractivity contribution in [1.82, 2.24) is 4.90 Å². The van der Waals surface area contributed by atoms with Crippen molar-refractivity contribution >= 4 is 17.4 Å². The third-order valence-electron chi connectivity index (χ3n) is 5.16. The minimum Gasteiger partial charge on any atom is -0.457 e. The lowest BCUT2D eigenvalue weighted by atomic mass is 10.0. The van der Waals surface area contributed by atoms with Gasteiger partial charge in [0.15, 0.2) is 6.19 Å². The van der Waals surface area contributed by atoms with Crippen LogP contribution in [-0.2, 0) is 4.79 Å². The first-order valence-electron chi connectivity index (χ1n) is 10.1. The highest BCUT2D eigenvalue weighted by Crippen LogP contribution is 2.25. The van der Waals surface area contributed by atoms with Crippen LogP contribution >= 0.6 is 0 Å². The van der Waals surface area contributed by atoms with E-state index in [9.17, 15) is 9.18 Å². The van der Waals surface area contributed by atoms with Gasteiger partial charge >= 0.3 is 0 Å². The lowest BCUT2D eigenvalue weighted by Gasteiger charge is -2.26. The zero-order valence-corrected chi connectivity index (χ0v) is 17.7. The molecule has 1 atom stereocenters. The second-order valence-electron chi connectivity index (χ2n) is 7.55. The summed E-state index contributed by atoms with van der Waals surface area (Å²) in [5.74, 6) is -0.153.